The minimum atomic E-state index is -0.605. The average Bonchev–Trinajstić information content (AvgIpc) is 2.79. The smallest absolute Gasteiger partial charge is 0.348 e. The molecule has 0 amide bonds. The highest BCUT2D eigenvalue weighted by molar-refractivity contribution is 7.11. The minimum absolute atomic E-state index is 0.155. The van der Waals surface area contributed by atoms with E-state index in [9.17, 15) is 14.4 Å². The Morgan fingerprint density at radius 3 is 2.38 bits per heavy atom. The molecule has 3 aromatic rings. The molecule has 166 valence electrons. The number of esters is 2. The van der Waals surface area contributed by atoms with E-state index in [0.717, 1.165) is 16.9 Å². The van der Waals surface area contributed by atoms with Gasteiger partial charge in [-0.3, -0.25) is 9.36 Å². The van der Waals surface area contributed by atoms with E-state index in [0.29, 0.717) is 34.0 Å². The second-order valence-electron chi connectivity index (χ2n) is 6.63. The molecular formula is C23H21ClN2O5S. The molecule has 9 heteroatoms. The zero-order chi connectivity index (χ0) is 23.1. The maximum atomic E-state index is 12.8. The number of nitrogens with zero attached hydrogens (tertiary/aromatic N) is 2. The largest absolute Gasteiger partial charge is 0.465 e. The SMILES string of the molecule is CCOC(=O)c1ccc(N=c2sc(C(=O)OC)cc(=O)n2CCc2ccc(Cl)cc2)cc1. The second-order valence-corrected chi connectivity index (χ2v) is 8.08. The second kappa shape index (κ2) is 10.9. The van der Waals surface area contributed by atoms with Gasteiger partial charge in [-0.2, -0.15) is 0 Å². The fraction of sp³-hybridized carbons (Fsp3) is 0.217. The molecule has 0 atom stereocenters. The van der Waals surface area contributed by atoms with Crippen LogP contribution in [0.4, 0.5) is 5.69 Å². The number of methoxy groups -OCH3 is 1. The van der Waals surface area contributed by atoms with Gasteiger partial charge >= 0.3 is 11.9 Å². The van der Waals surface area contributed by atoms with Crippen molar-refractivity contribution in [1.29, 1.82) is 0 Å². The molecule has 3 rings (SSSR count). The van der Waals surface area contributed by atoms with E-state index < -0.39 is 11.9 Å². The summed E-state index contributed by atoms with van der Waals surface area (Å²) in [6, 6.07) is 15.1. The predicted molar refractivity (Wildman–Crippen MR) is 123 cm³/mol. The highest BCUT2D eigenvalue weighted by atomic mass is 35.5. The standard InChI is InChI=1S/C23H21ClN2O5S/c1-3-31-21(28)16-6-10-18(11-7-16)25-23-26(13-12-15-4-8-17(24)9-5-15)20(27)14-19(32-23)22(29)30-2/h4-11,14H,3,12-13H2,1-2H3. The van der Waals surface area contributed by atoms with Crippen LogP contribution in [0.15, 0.2) is 64.4 Å². The molecule has 32 heavy (non-hydrogen) atoms. The van der Waals surface area contributed by atoms with E-state index in [1.165, 1.54) is 17.7 Å². The van der Waals surface area contributed by atoms with Gasteiger partial charge in [-0.1, -0.05) is 35.1 Å². The number of rotatable bonds is 7. The average molecular weight is 473 g/mol. The molecular weight excluding hydrogens is 452 g/mol. The van der Waals surface area contributed by atoms with Crippen LogP contribution in [0.1, 0.15) is 32.5 Å². The summed E-state index contributed by atoms with van der Waals surface area (Å²) < 4.78 is 11.2. The van der Waals surface area contributed by atoms with Crippen molar-refractivity contribution in [3.05, 3.63) is 90.8 Å². The maximum Gasteiger partial charge on any atom is 0.348 e. The molecule has 0 unspecified atom stereocenters. The minimum Gasteiger partial charge on any atom is -0.465 e. The number of carbonyl (C=O) groups excluding carboxylic acids is 2. The van der Waals surface area contributed by atoms with Gasteiger partial charge in [-0.15, -0.1) is 0 Å². The van der Waals surface area contributed by atoms with Gasteiger partial charge in [-0.25, -0.2) is 14.6 Å². The first-order valence-corrected chi connectivity index (χ1v) is 11.0. The Balaban J connectivity index is 1.99. The van der Waals surface area contributed by atoms with Crippen molar-refractivity contribution in [2.45, 2.75) is 19.9 Å². The van der Waals surface area contributed by atoms with Crippen molar-refractivity contribution in [1.82, 2.24) is 4.57 Å². The third-order valence-corrected chi connectivity index (χ3v) is 5.73. The molecule has 0 aliphatic carbocycles. The van der Waals surface area contributed by atoms with Crippen molar-refractivity contribution in [2.24, 2.45) is 4.99 Å². The number of benzene rings is 2. The summed E-state index contributed by atoms with van der Waals surface area (Å²) in [6.45, 7) is 2.38. The first-order valence-electron chi connectivity index (χ1n) is 9.81. The molecule has 0 saturated heterocycles. The fourth-order valence-corrected chi connectivity index (χ4v) is 3.94. The van der Waals surface area contributed by atoms with E-state index in [2.05, 4.69) is 4.99 Å². The van der Waals surface area contributed by atoms with Gasteiger partial charge < -0.3 is 9.47 Å². The lowest BCUT2D eigenvalue weighted by Crippen LogP contribution is -2.33. The molecule has 0 N–H and O–H groups in total. The molecule has 0 saturated carbocycles. The summed E-state index contributed by atoms with van der Waals surface area (Å²) in [5.74, 6) is -1.03. The summed E-state index contributed by atoms with van der Waals surface area (Å²) in [7, 11) is 1.26. The monoisotopic (exact) mass is 472 g/mol. The van der Waals surface area contributed by atoms with E-state index in [1.54, 1.807) is 43.3 Å². The zero-order valence-corrected chi connectivity index (χ0v) is 19.1. The number of halogens is 1. The van der Waals surface area contributed by atoms with E-state index >= 15 is 0 Å². The van der Waals surface area contributed by atoms with Crippen molar-refractivity contribution >= 4 is 40.6 Å². The number of hydrogen-bond donors (Lipinski definition) is 0. The van der Waals surface area contributed by atoms with Crippen molar-refractivity contribution < 1.29 is 19.1 Å². The summed E-state index contributed by atoms with van der Waals surface area (Å²) in [6.07, 6.45) is 0.575. The number of ether oxygens (including phenoxy) is 2. The molecule has 0 bridgehead atoms. The van der Waals surface area contributed by atoms with Gasteiger partial charge in [0.2, 0.25) is 0 Å². The summed E-state index contributed by atoms with van der Waals surface area (Å²) >= 11 is 6.99. The van der Waals surface area contributed by atoms with Gasteiger partial charge in [0.1, 0.15) is 4.88 Å². The van der Waals surface area contributed by atoms with Gasteiger partial charge in [0.15, 0.2) is 4.80 Å². The third-order valence-electron chi connectivity index (χ3n) is 4.48. The quantitative estimate of drug-likeness (QED) is 0.485. The van der Waals surface area contributed by atoms with Crippen LogP contribution in [0.25, 0.3) is 0 Å². The Bertz CT molecular complexity index is 1230. The van der Waals surface area contributed by atoms with Crippen LogP contribution in [-0.2, 0) is 22.4 Å². The van der Waals surface area contributed by atoms with E-state index in [-0.39, 0.29) is 17.0 Å². The topological polar surface area (TPSA) is 87.0 Å². The van der Waals surface area contributed by atoms with Crippen LogP contribution < -0.4 is 10.4 Å². The van der Waals surface area contributed by atoms with Crippen LogP contribution in [0.5, 0.6) is 0 Å². The van der Waals surface area contributed by atoms with Gasteiger partial charge in [0.25, 0.3) is 5.56 Å². The summed E-state index contributed by atoms with van der Waals surface area (Å²) in [4.78, 5) is 41.7. The lowest BCUT2D eigenvalue weighted by atomic mass is 10.1. The first-order chi connectivity index (χ1) is 15.4. The number of aryl methyl sites for hydroxylation is 1. The molecule has 0 aliphatic rings. The highest BCUT2D eigenvalue weighted by Gasteiger charge is 2.12. The molecule has 0 radical (unpaired) electrons. The number of hydrogen-bond acceptors (Lipinski definition) is 7. The third kappa shape index (κ3) is 5.93. The number of aromatic nitrogens is 1. The zero-order valence-electron chi connectivity index (χ0n) is 17.5. The van der Waals surface area contributed by atoms with Gasteiger partial charge in [0.05, 0.1) is 25.0 Å². The molecule has 0 aliphatic heterocycles. The molecule has 1 heterocycles. The highest BCUT2D eigenvalue weighted by Crippen LogP contribution is 2.14. The van der Waals surface area contributed by atoms with Crippen LogP contribution >= 0.6 is 22.9 Å². The van der Waals surface area contributed by atoms with Crippen LogP contribution in [-0.4, -0.2) is 30.2 Å². The van der Waals surface area contributed by atoms with E-state index in [1.807, 2.05) is 12.1 Å². The Kier molecular flexibility index (Phi) is 7.97. The maximum absolute atomic E-state index is 12.8. The lowest BCUT2D eigenvalue weighted by molar-refractivity contribution is 0.0525. The summed E-state index contributed by atoms with van der Waals surface area (Å²) in [5.41, 5.74) is 1.57. The Labute approximate surface area is 193 Å². The molecule has 0 spiro atoms. The van der Waals surface area contributed by atoms with Crippen LogP contribution in [0.2, 0.25) is 5.02 Å². The fourth-order valence-electron chi connectivity index (χ4n) is 2.85. The molecule has 7 nitrogen and oxygen atoms in total. The number of carbonyl (C=O) groups is 2. The first kappa shape index (κ1) is 23.4. The van der Waals surface area contributed by atoms with E-state index in [4.69, 9.17) is 21.1 Å². The van der Waals surface area contributed by atoms with Gasteiger partial charge in [0, 0.05) is 17.6 Å². The van der Waals surface area contributed by atoms with Gasteiger partial charge in [-0.05, 0) is 55.3 Å². The lowest BCUT2D eigenvalue weighted by Gasteiger charge is -2.08. The van der Waals surface area contributed by atoms with Crippen molar-refractivity contribution in [3.63, 3.8) is 0 Å². The predicted octanol–water partition coefficient (Wildman–Crippen LogP) is 4.00. The Hall–Kier alpha value is -3.23. The van der Waals surface area contributed by atoms with Crippen molar-refractivity contribution in [3.8, 4) is 0 Å². The molecule has 1 aromatic heterocycles. The van der Waals surface area contributed by atoms with Crippen molar-refractivity contribution in [2.75, 3.05) is 13.7 Å². The Morgan fingerprint density at radius 2 is 1.75 bits per heavy atom. The Morgan fingerprint density at radius 1 is 1.06 bits per heavy atom. The molecule has 2 aromatic carbocycles. The summed E-state index contributed by atoms with van der Waals surface area (Å²) in [5, 5.41) is 0.637. The normalized spacial score (nSPS) is 11.3. The van der Waals surface area contributed by atoms with Crippen LogP contribution in [0.3, 0.4) is 0 Å². The van der Waals surface area contributed by atoms with Crippen LogP contribution in [0, 0.1) is 0 Å². The molecule has 0 fully saturated rings.